The van der Waals surface area contributed by atoms with Crippen molar-refractivity contribution in [3.63, 3.8) is 0 Å². The number of nitrogens with zero attached hydrogens (tertiary/aromatic N) is 6. The Hall–Kier alpha value is -0.500. The van der Waals surface area contributed by atoms with E-state index in [1.165, 1.54) is 322 Å². The van der Waals surface area contributed by atoms with Crippen molar-refractivity contribution >= 4 is 11.9 Å². The zero-order valence-corrected chi connectivity index (χ0v) is 55.1. The van der Waals surface area contributed by atoms with Crippen LogP contribution < -0.4 is 34.0 Å². The Morgan fingerprint density at radius 2 is 0.649 bits per heavy atom. The van der Waals surface area contributed by atoms with Crippen LogP contribution in [-0.2, 0) is 0 Å². The van der Waals surface area contributed by atoms with Crippen molar-refractivity contribution in [1.29, 1.82) is 0 Å². The maximum atomic E-state index is 3.13. The van der Waals surface area contributed by atoms with Crippen LogP contribution in [0.3, 0.4) is 0 Å². The van der Waals surface area contributed by atoms with Crippen LogP contribution >= 0.6 is 0 Å². The molecule has 6 nitrogen and oxygen atoms in total. The normalized spacial score (nSPS) is 23.9. The molecule has 4 atom stereocenters. The summed E-state index contributed by atoms with van der Waals surface area (Å²) >= 11 is 0. The molecule has 0 radical (unpaired) electrons. The van der Waals surface area contributed by atoms with Crippen molar-refractivity contribution in [1.82, 2.24) is 19.6 Å². The summed E-state index contributed by atoms with van der Waals surface area (Å²) in [5, 5.41) is 0. The van der Waals surface area contributed by atoms with Gasteiger partial charge in [-0.15, -0.1) is 0 Å². The lowest BCUT2D eigenvalue weighted by molar-refractivity contribution is -0.540. The van der Waals surface area contributed by atoms with E-state index >= 15 is 0 Å². The molecule has 2 spiro atoms. The fourth-order valence-electron chi connectivity index (χ4n) is 14.4. The minimum Gasteiger partial charge on any atom is -1.00 e. The van der Waals surface area contributed by atoms with E-state index in [4.69, 9.17) is 0 Å². The Kier molecular flexibility index (Phi) is 42.8. The second kappa shape index (κ2) is 44.3. The lowest BCUT2D eigenvalue weighted by Crippen LogP contribution is -3.00. The van der Waals surface area contributed by atoms with Crippen molar-refractivity contribution in [2.45, 2.75) is 337 Å². The Morgan fingerprint density at radius 1 is 0.365 bits per heavy atom. The first-order chi connectivity index (χ1) is 35.4. The van der Waals surface area contributed by atoms with Gasteiger partial charge in [0.15, 0.2) is 0 Å². The third-order valence-electron chi connectivity index (χ3n) is 18.8. The zero-order valence-electron chi connectivity index (χ0n) is 51.9. The first-order valence-corrected chi connectivity index (χ1v) is 33.6. The van der Waals surface area contributed by atoms with Gasteiger partial charge >= 0.3 is 11.9 Å². The van der Waals surface area contributed by atoms with E-state index in [2.05, 4.69) is 98.0 Å². The second-order valence-corrected chi connectivity index (χ2v) is 24.3. The van der Waals surface area contributed by atoms with Gasteiger partial charge < -0.3 is 34.0 Å². The van der Waals surface area contributed by atoms with Gasteiger partial charge in [-0.1, -0.05) is 185 Å². The lowest BCUT2D eigenvalue weighted by Gasteiger charge is -2.50. The first-order valence-electron chi connectivity index (χ1n) is 33.6. The average Bonchev–Trinajstić information content (AvgIpc) is 3.38. The van der Waals surface area contributed by atoms with Crippen LogP contribution in [0.1, 0.15) is 326 Å². The van der Waals surface area contributed by atoms with E-state index in [9.17, 15) is 0 Å². The molecule has 0 amide bonds. The van der Waals surface area contributed by atoms with Gasteiger partial charge in [0.25, 0.3) is 0 Å². The molecule has 0 N–H and O–H groups in total. The van der Waals surface area contributed by atoms with Gasteiger partial charge in [0, 0.05) is 0 Å². The highest BCUT2D eigenvalue weighted by Gasteiger charge is 2.51. The minimum atomic E-state index is 0. The summed E-state index contributed by atoms with van der Waals surface area (Å²) in [5.74, 6) is 5.05. The van der Waals surface area contributed by atoms with E-state index < -0.39 is 0 Å². The summed E-state index contributed by atoms with van der Waals surface area (Å²) in [7, 11) is 0. The maximum Gasteiger partial charge on any atom is 0.350 e. The summed E-state index contributed by atoms with van der Waals surface area (Å²) in [6.07, 6.45) is 55.2. The molecule has 4 unspecified atom stereocenters. The highest BCUT2D eigenvalue weighted by Crippen LogP contribution is 2.45. The summed E-state index contributed by atoms with van der Waals surface area (Å²) < 4.78 is 5.84. The molecule has 0 saturated heterocycles. The van der Waals surface area contributed by atoms with Gasteiger partial charge in [-0.05, 0) is 153 Å². The van der Waals surface area contributed by atoms with Gasteiger partial charge in [-0.2, -0.15) is 0 Å². The predicted molar refractivity (Wildman–Crippen MR) is 320 cm³/mol. The molecule has 2 aliphatic heterocycles. The minimum absolute atomic E-state index is 0. The summed E-state index contributed by atoms with van der Waals surface area (Å²) in [4.78, 5) is 12.1. The molecule has 0 aromatic rings. The van der Waals surface area contributed by atoms with E-state index in [1.807, 2.05) is 0 Å². The monoisotopic (exact) mass is 1170 g/mol. The molecule has 2 aliphatic carbocycles. The largest absolute Gasteiger partial charge is 1.00 e. The van der Waals surface area contributed by atoms with Crippen LogP contribution in [0, 0.1) is 11.8 Å². The van der Waals surface area contributed by atoms with Crippen molar-refractivity contribution in [3.05, 3.63) is 0 Å². The topological polar surface area (TPSA) is 19.0 Å². The maximum absolute atomic E-state index is 3.13. The zero-order chi connectivity index (χ0) is 52.1. The molecule has 2 fully saturated rings. The fourth-order valence-corrected chi connectivity index (χ4v) is 14.4. The molecule has 0 aromatic carbocycles. The number of hydrogen-bond donors (Lipinski definition) is 0. The quantitative estimate of drug-likeness (QED) is 0.0804. The number of rotatable bonds is 26. The predicted octanol–water partition coefficient (Wildman–Crippen LogP) is 12.5. The molecule has 8 heteroatoms. The molecular formula is C66H132Br2N6. The molecule has 2 heterocycles. The van der Waals surface area contributed by atoms with Gasteiger partial charge in [-0.3, -0.25) is 28.8 Å². The Balaban J connectivity index is 0.000000721. The van der Waals surface area contributed by atoms with Crippen LogP contribution in [0.25, 0.3) is 0 Å². The third-order valence-corrected chi connectivity index (χ3v) is 18.8. The molecule has 4 aliphatic rings. The van der Waals surface area contributed by atoms with Gasteiger partial charge in [0.1, 0.15) is 0 Å². The summed E-state index contributed by atoms with van der Waals surface area (Å²) in [6, 6.07) is 0. The molecule has 0 aromatic heterocycles. The number of halogens is 2. The highest BCUT2D eigenvalue weighted by atomic mass is 79.9. The second-order valence-electron chi connectivity index (χ2n) is 24.3. The van der Waals surface area contributed by atoms with Crippen LogP contribution in [0.15, 0.2) is 0 Å². The third kappa shape index (κ3) is 23.3. The smallest absolute Gasteiger partial charge is 0.350 e. The van der Waals surface area contributed by atoms with E-state index in [0.717, 1.165) is 11.8 Å². The van der Waals surface area contributed by atoms with Crippen LogP contribution in [0.5, 0.6) is 0 Å². The fraction of sp³-hybridized carbons (Fsp3) is 0.970. The van der Waals surface area contributed by atoms with Crippen molar-refractivity contribution < 1.29 is 43.1 Å². The van der Waals surface area contributed by atoms with Crippen LogP contribution in [-0.4, -0.2) is 117 Å². The van der Waals surface area contributed by atoms with E-state index in [0.29, 0.717) is 11.1 Å². The van der Waals surface area contributed by atoms with Gasteiger partial charge in [-0.25, -0.2) is 0 Å². The number of hydrogen-bond acceptors (Lipinski definition) is 4. The Morgan fingerprint density at radius 3 is 0.932 bits per heavy atom. The van der Waals surface area contributed by atoms with Crippen molar-refractivity contribution in [2.24, 2.45) is 11.8 Å². The van der Waals surface area contributed by atoms with Crippen molar-refractivity contribution in [2.75, 3.05) is 65.4 Å². The first kappa shape index (κ1) is 71.5. The summed E-state index contributed by atoms with van der Waals surface area (Å²) in [6.45, 7) is 36.6. The summed E-state index contributed by atoms with van der Waals surface area (Å²) in [5.41, 5.74) is 0.719. The molecular weight excluding hydrogens is 1040 g/mol. The standard InChI is InChI=1S/2C33H66N3.2BrH/c2*1-6-11-26-34(27-12-7-2)32-35(28-13-8-3)29-22-18-17-21-25-33(36(32)30-14-9-4)24-20-16-15-19-23-31(33)10-5;;/h2*31H,6-30H2,1-5H3;2*1H/q2*+1;;/p-2. The van der Waals surface area contributed by atoms with Crippen molar-refractivity contribution in [3.8, 4) is 0 Å². The molecule has 440 valence electrons. The molecule has 4 rings (SSSR count). The van der Waals surface area contributed by atoms with Crippen LogP contribution in [0.4, 0.5) is 0 Å². The lowest BCUT2D eigenvalue weighted by atomic mass is 9.69. The molecule has 2 saturated carbocycles. The number of unbranched alkanes of at least 4 members (excludes halogenated alkanes) is 8. The highest BCUT2D eigenvalue weighted by molar-refractivity contribution is 5.77. The molecule has 0 bridgehead atoms. The average molecular weight is 1170 g/mol. The van der Waals surface area contributed by atoms with Crippen LogP contribution in [0.2, 0.25) is 0 Å². The number of guanidine groups is 2. The van der Waals surface area contributed by atoms with Gasteiger partial charge in [0.05, 0.1) is 76.5 Å². The van der Waals surface area contributed by atoms with Gasteiger partial charge in [0.2, 0.25) is 0 Å². The Bertz CT molecular complexity index is 1270. The Labute approximate surface area is 486 Å². The van der Waals surface area contributed by atoms with E-state index in [1.54, 1.807) is 11.9 Å². The molecule has 74 heavy (non-hydrogen) atoms. The van der Waals surface area contributed by atoms with E-state index in [-0.39, 0.29) is 34.0 Å². The SMILES string of the molecule is CCCCN(CCCC)C1=[N+](CCCC)CCCCCCC2(CCCCCCC2CC)N1CCCC.CCCCN(CCCC)C1=[N+](CCCC)CCCCCCC2(CCCCCCC2CC)N1CCCC.[Br-].[Br-].